The van der Waals surface area contributed by atoms with Gasteiger partial charge in [-0.2, -0.15) is 56.2 Å². The average molecular weight is 666 g/mol. The Hall–Kier alpha value is -6.14. The van der Waals surface area contributed by atoms with Crippen LogP contribution >= 0.6 is 0 Å². The normalized spacial score (nSPS) is 16.0. The number of alkyl halides is 6. The molecule has 0 atom stereocenters. The molecule has 1 aromatic carbocycles. The molecule has 0 unspecified atom stereocenters. The maximum atomic E-state index is 15.1. The van der Waals surface area contributed by atoms with E-state index >= 15 is 8.78 Å². The minimum atomic E-state index is -5.80. The molecule has 18 heteroatoms. The van der Waals surface area contributed by atoms with Crippen LogP contribution in [0.4, 0.5) is 52.7 Å². The Balaban J connectivity index is 2.29. The number of hydrogen-bond acceptors (Lipinski definition) is 6. The SMILES string of the molecule is Cc1nc(F)c(F)c(C(C#N)=C2C(=C(C#N)c3ccc(C(F)(F)F)cc3C#N)C2=C(C#N)c2c(F)c(F)nc(C(F)(F)F)c2F)c1F. The van der Waals surface area contributed by atoms with E-state index in [2.05, 4.69) is 9.97 Å². The number of aromatic nitrogens is 2. The molecule has 0 bridgehead atoms. The summed E-state index contributed by atoms with van der Waals surface area (Å²) < 4.78 is 169. The fourth-order valence-electron chi connectivity index (χ4n) is 4.46. The van der Waals surface area contributed by atoms with Crippen molar-refractivity contribution < 1.29 is 52.7 Å². The van der Waals surface area contributed by atoms with Gasteiger partial charge in [-0.3, -0.25) is 0 Å². The van der Waals surface area contributed by atoms with Gasteiger partial charge in [0, 0.05) is 22.3 Å². The predicted octanol–water partition coefficient (Wildman–Crippen LogP) is 7.77. The number of pyridine rings is 2. The molecule has 2 heterocycles. The minimum absolute atomic E-state index is 0.243. The highest BCUT2D eigenvalue weighted by molar-refractivity contribution is 6.12. The van der Waals surface area contributed by atoms with Crippen LogP contribution in [-0.2, 0) is 12.4 Å². The van der Waals surface area contributed by atoms with E-state index in [1.54, 1.807) is 0 Å². The van der Waals surface area contributed by atoms with E-state index in [4.69, 9.17) is 0 Å². The first kappa shape index (κ1) is 33.7. The summed E-state index contributed by atoms with van der Waals surface area (Å²) >= 11 is 0. The van der Waals surface area contributed by atoms with Crippen LogP contribution in [0.5, 0.6) is 0 Å². The zero-order valence-corrected chi connectivity index (χ0v) is 22.5. The van der Waals surface area contributed by atoms with Gasteiger partial charge in [0.15, 0.2) is 29.0 Å². The van der Waals surface area contributed by atoms with E-state index in [1.807, 2.05) is 0 Å². The Morgan fingerprint density at radius 3 is 1.53 bits per heavy atom. The van der Waals surface area contributed by atoms with Gasteiger partial charge in [0.1, 0.15) is 18.2 Å². The molecule has 236 valence electrons. The monoisotopic (exact) mass is 666 g/mol. The molecule has 1 aliphatic carbocycles. The third-order valence-electron chi connectivity index (χ3n) is 6.52. The number of nitrogens with zero attached hydrogens (tertiary/aromatic N) is 6. The summed E-state index contributed by atoms with van der Waals surface area (Å²) in [6.07, 6.45) is -10.8. The van der Waals surface area contributed by atoms with Crippen molar-refractivity contribution >= 4 is 16.7 Å². The van der Waals surface area contributed by atoms with Gasteiger partial charge in [-0.15, -0.1) is 0 Å². The summed E-state index contributed by atoms with van der Waals surface area (Å²) in [6.45, 7) is 0.799. The molecule has 0 radical (unpaired) electrons. The zero-order valence-electron chi connectivity index (χ0n) is 22.5. The number of hydrogen-bond donors (Lipinski definition) is 0. The van der Waals surface area contributed by atoms with Crippen LogP contribution in [0.1, 0.15) is 39.2 Å². The minimum Gasteiger partial charge on any atom is -0.219 e. The van der Waals surface area contributed by atoms with Gasteiger partial charge in [-0.05, 0) is 19.1 Å². The van der Waals surface area contributed by atoms with Crippen molar-refractivity contribution in [1.82, 2.24) is 9.97 Å². The standard InChI is InChI=1S/C29H6F12N6/c1-9-21(30)19(23(32)26(34)46-9)14(7-44)17-16(13(6-43)12-3-2-11(28(36,37)38)4-10(12)5-42)18(17)15(8-45)20-22(31)25(29(39,40)41)47-27(35)24(20)33/h2-4H,1H3. The van der Waals surface area contributed by atoms with Crippen molar-refractivity contribution in [1.29, 1.82) is 21.0 Å². The van der Waals surface area contributed by atoms with Crippen LogP contribution in [0, 0.1) is 87.4 Å². The predicted molar refractivity (Wildman–Crippen MR) is 132 cm³/mol. The van der Waals surface area contributed by atoms with Crippen LogP contribution in [-0.4, -0.2) is 9.97 Å². The summed E-state index contributed by atoms with van der Waals surface area (Å²) in [5, 5.41) is 39.3. The van der Waals surface area contributed by atoms with E-state index in [0.29, 0.717) is 12.1 Å². The van der Waals surface area contributed by atoms with Crippen molar-refractivity contribution in [2.75, 3.05) is 0 Å². The lowest BCUT2D eigenvalue weighted by molar-refractivity contribution is -0.144. The van der Waals surface area contributed by atoms with Crippen molar-refractivity contribution in [3.8, 4) is 24.3 Å². The molecule has 1 fully saturated rings. The third-order valence-corrected chi connectivity index (χ3v) is 6.52. The summed E-state index contributed by atoms with van der Waals surface area (Å²) in [7, 11) is 0. The summed E-state index contributed by atoms with van der Waals surface area (Å²) in [5.41, 5.74) is -17.3. The Kier molecular flexibility index (Phi) is 8.37. The zero-order chi connectivity index (χ0) is 35.3. The first-order valence-corrected chi connectivity index (χ1v) is 12.0. The van der Waals surface area contributed by atoms with Crippen LogP contribution < -0.4 is 0 Å². The fraction of sp³-hybridized carbons (Fsp3) is 0.103. The van der Waals surface area contributed by atoms with Crippen molar-refractivity contribution in [3.05, 3.63) is 109 Å². The largest absolute Gasteiger partial charge is 0.436 e. The van der Waals surface area contributed by atoms with Crippen molar-refractivity contribution in [2.45, 2.75) is 19.3 Å². The number of rotatable bonds is 3. The highest BCUT2D eigenvalue weighted by Crippen LogP contribution is 2.57. The number of benzene rings is 1. The van der Waals surface area contributed by atoms with Gasteiger partial charge in [0.2, 0.25) is 11.9 Å². The van der Waals surface area contributed by atoms with E-state index in [0.717, 1.165) is 13.0 Å². The van der Waals surface area contributed by atoms with E-state index in [1.165, 1.54) is 18.2 Å². The molecule has 6 nitrogen and oxygen atoms in total. The highest BCUT2D eigenvalue weighted by Gasteiger charge is 2.46. The Bertz CT molecular complexity index is 2150. The van der Waals surface area contributed by atoms with E-state index in [9.17, 15) is 65.0 Å². The van der Waals surface area contributed by atoms with Crippen molar-refractivity contribution in [3.63, 3.8) is 0 Å². The fourth-order valence-corrected chi connectivity index (χ4v) is 4.46. The Morgan fingerprint density at radius 1 is 0.617 bits per heavy atom. The molecule has 2 aromatic heterocycles. The number of nitriles is 4. The lowest BCUT2D eigenvalue weighted by Gasteiger charge is -2.11. The average Bonchev–Trinajstić information content (AvgIpc) is 3.71. The molecule has 3 aromatic rings. The lowest BCUT2D eigenvalue weighted by atomic mass is 9.97. The molecular weight excluding hydrogens is 660 g/mol. The lowest BCUT2D eigenvalue weighted by Crippen LogP contribution is -2.16. The van der Waals surface area contributed by atoms with Gasteiger partial charge in [0.25, 0.3) is 0 Å². The molecule has 1 saturated carbocycles. The molecule has 1 aliphatic rings. The first-order valence-electron chi connectivity index (χ1n) is 12.0. The van der Waals surface area contributed by atoms with Crippen LogP contribution in [0.3, 0.4) is 0 Å². The molecule has 47 heavy (non-hydrogen) atoms. The van der Waals surface area contributed by atoms with Crippen LogP contribution in [0.15, 0.2) is 34.9 Å². The van der Waals surface area contributed by atoms with E-state index in [-0.39, 0.29) is 6.07 Å². The van der Waals surface area contributed by atoms with Crippen molar-refractivity contribution in [2.24, 2.45) is 0 Å². The second-order valence-electron chi connectivity index (χ2n) is 9.20. The Labute approximate surface area is 253 Å². The quantitative estimate of drug-likeness (QED) is 0.160. The maximum Gasteiger partial charge on any atom is 0.436 e. The highest BCUT2D eigenvalue weighted by atomic mass is 19.4. The topological polar surface area (TPSA) is 121 Å². The van der Waals surface area contributed by atoms with Crippen LogP contribution in [0.2, 0.25) is 0 Å². The van der Waals surface area contributed by atoms with Gasteiger partial charge in [0.05, 0.1) is 50.7 Å². The molecule has 0 spiro atoms. The smallest absolute Gasteiger partial charge is 0.219 e. The van der Waals surface area contributed by atoms with Gasteiger partial charge >= 0.3 is 12.4 Å². The van der Waals surface area contributed by atoms with Gasteiger partial charge in [-0.25, -0.2) is 27.5 Å². The number of halogens is 12. The molecule has 0 amide bonds. The molecule has 0 aliphatic heterocycles. The summed E-state index contributed by atoms with van der Waals surface area (Å²) in [4.78, 5) is 5.07. The summed E-state index contributed by atoms with van der Waals surface area (Å²) in [6, 6.07) is 6.15. The third kappa shape index (κ3) is 5.62. The first-order chi connectivity index (χ1) is 21.8. The molecule has 0 saturated heterocycles. The number of aryl methyl sites for hydroxylation is 1. The van der Waals surface area contributed by atoms with Crippen LogP contribution in [0.25, 0.3) is 16.7 Å². The Morgan fingerprint density at radius 2 is 1.09 bits per heavy atom. The molecule has 4 rings (SSSR count). The second-order valence-corrected chi connectivity index (χ2v) is 9.20. The van der Waals surface area contributed by atoms with E-state index < -0.39 is 120 Å². The van der Waals surface area contributed by atoms with Gasteiger partial charge < -0.3 is 0 Å². The van der Waals surface area contributed by atoms with Gasteiger partial charge in [-0.1, -0.05) is 6.07 Å². The molecular formula is C29H6F12N6. The maximum absolute atomic E-state index is 15.1. The summed E-state index contributed by atoms with van der Waals surface area (Å²) in [5.74, 6) is -13.6. The number of allylic oxidation sites excluding steroid dienone is 6. The second kappa shape index (κ2) is 11.7. The molecule has 0 N–H and O–H groups in total.